The zero-order chi connectivity index (χ0) is 31.3. The molecule has 4 aromatic rings. The number of hydrogen-bond acceptors (Lipinski definition) is 8. The highest BCUT2D eigenvalue weighted by molar-refractivity contribution is 7.17. The molecule has 4 aliphatic rings. The third-order valence-electron chi connectivity index (χ3n) is 9.76. The van der Waals surface area contributed by atoms with E-state index in [-0.39, 0.29) is 11.8 Å². The SMILES string of the molecule is O=C(NC1CC1)c1cc2c(s1)-c1ccccc1N(C(O)c1ccc(NC(=O)c3cccnc3N3CCC4(CC3)COC4)cc1)CC2. The lowest BCUT2D eigenvalue weighted by molar-refractivity contribution is -0.124. The number of fused-ring (bicyclic) bond motifs is 3. The predicted octanol–water partition coefficient (Wildman–Crippen LogP) is 5.63. The zero-order valence-corrected chi connectivity index (χ0v) is 26.4. The van der Waals surface area contributed by atoms with Gasteiger partial charge in [-0.05, 0) is 74.1 Å². The average molecular weight is 636 g/mol. The second-order valence-electron chi connectivity index (χ2n) is 13.0. The van der Waals surface area contributed by atoms with Crippen LogP contribution in [0.3, 0.4) is 0 Å². The van der Waals surface area contributed by atoms with Gasteiger partial charge in [-0.2, -0.15) is 0 Å². The molecule has 2 aromatic carbocycles. The predicted molar refractivity (Wildman–Crippen MR) is 180 cm³/mol. The molecule has 2 amide bonds. The van der Waals surface area contributed by atoms with Gasteiger partial charge in [0.1, 0.15) is 5.82 Å². The molecule has 2 aromatic heterocycles. The van der Waals surface area contributed by atoms with Crippen LogP contribution in [0.2, 0.25) is 0 Å². The number of ether oxygens (including phenoxy) is 1. The summed E-state index contributed by atoms with van der Waals surface area (Å²) in [7, 11) is 0. The molecule has 2 saturated heterocycles. The Bertz CT molecular complexity index is 1770. The van der Waals surface area contributed by atoms with Crippen molar-refractivity contribution in [1.82, 2.24) is 10.3 Å². The van der Waals surface area contributed by atoms with Gasteiger partial charge in [-0.25, -0.2) is 4.98 Å². The van der Waals surface area contributed by atoms with Crippen molar-refractivity contribution in [3.8, 4) is 10.4 Å². The molecule has 5 heterocycles. The quantitative estimate of drug-likeness (QED) is 0.242. The number of nitrogens with zero attached hydrogens (tertiary/aromatic N) is 3. The van der Waals surface area contributed by atoms with Crippen LogP contribution in [0.15, 0.2) is 72.9 Å². The number of aliphatic hydroxyl groups is 1. The summed E-state index contributed by atoms with van der Waals surface area (Å²) >= 11 is 1.52. The number of amides is 2. The van der Waals surface area contributed by atoms with Crippen LogP contribution >= 0.6 is 11.3 Å². The van der Waals surface area contributed by atoms with Gasteiger partial charge in [-0.3, -0.25) is 9.59 Å². The van der Waals surface area contributed by atoms with Gasteiger partial charge in [0.15, 0.2) is 6.23 Å². The summed E-state index contributed by atoms with van der Waals surface area (Å²) in [5.41, 5.74) is 5.31. The smallest absolute Gasteiger partial charge is 0.261 e. The van der Waals surface area contributed by atoms with Gasteiger partial charge >= 0.3 is 0 Å². The van der Waals surface area contributed by atoms with Crippen LogP contribution in [0.4, 0.5) is 17.2 Å². The van der Waals surface area contributed by atoms with Gasteiger partial charge in [0.25, 0.3) is 11.8 Å². The van der Waals surface area contributed by atoms with Gasteiger partial charge in [0, 0.05) is 64.7 Å². The van der Waals surface area contributed by atoms with E-state index in [0.29, 0.717) is 41.5 Å². The van der Waals surface area contributed by atoms with Crippen LogP contribution in [0.5, 0.6) is 0 Å². The van der Waals surface area contributed by atoms with Crippen molar-refractivity contribution in [3.63, 3.8) is 0 Å². The number of rotatable bonds is 7. The number of aromatic nitrogens is 1. The normalized spacial score (nSPS) is 19.0. The fraction of sp³-hybridized carbons (Fsp3) is 0.361. The first-order valence-corrected chi connectivity index (χ1v) is 16.9. The molecule has 10 heteroatoms. The molecule has 236 valence electrons. The molecule has 3 aliphatic heterocycles. The van der Waals surface area contributed by atoms with Crippen LogP contribution in [0.1, 0.15) is 63.1 Å². The second-order valence-corrected chi connectivity index (χ2v) is 14.0. The van der Waals surface area contributed by atoms with Crippen LogP contribution in [-0.4, -0.2) is 60.8 Å². The third kappa shape index (κ3) is 5.55. The molecular formula is C36H37N5O4S. The monoisotopic (exact) mass is 635 g/mol. The van der Waals surface area contributed by atoms with Gasteiger partial charge < -0.3 is 30.3 Å². The van der Waals surface area contributed by atoms with E-state index in [2.05, 4.69) is 26.6 Å². The molecule has 1 unspecified atom stereocenters. The van der Waals surface area contributed by atoms with Gasteiger partial charge in [0.05, 0.1) is 23.7 Å². The maximum atomic E-state index is 13.4. The van der Waals surface area contributed by atoms with Gasteiger partial charge in [-0.15, -0.1) is 11.3 Å². The van der Waals surface area contributed by atoms with Gasteiger partial charge in [-0.1, -0.05) is 30.3 Å². The lowest BCUT2D eigenvalue weighted by Gasteiger charge is -2.47. The van der Waals surface area contributed by atoms with Crippen molar-refractivity contribution >= 4 is 40.3 Å². The first kappa shape index (κ1) is 29.2. The Kier molecular flexibility index (Phi) is 7.51. The summed E-state index contributed by atoms with van der Waals surface area (Å²) in [6.07, 6.45) is 5.77. The highest BCUT2D eigenvalue weighted by Gasteiger charge is 2.41. The zero-order valence-electron chi connectivity index (χ0n) is 25.6. The number of hydrogen-bond donors (Lipinski definition) is 3. The van der Waals surface area contributed by atoms with E-state index in [9.17, 15) is 14.7 Å². The van der Waals surface area contributed by atoms with Crippen molar-refractivity contribution < 1.29 is 19.4 Å². The molecule has 0 bridgehead atoms. The molecule has 0 radical (unpaired) electrons. The minimum atomic E-state index is -0.883. The number of thiophene rings is 1. The average Bonchev–Trinajstić information content (AvgIpc) is 3.82. The maximum absolute atomic E-state index is 13.4. The molecule has 1 aliphatic carbocycles. The van der Waals surface area contributed by atoms with E-state index in [1.807, 2.05) is 59.5 Å². The summed E-state index contributed by atoms with van der Waals surface area (Å²) in [6.45, 7) is 3.98. The summed E-state index contributed by atoms with van der Waals surface area (Å²) in [6, 6.07) is 21.4. The van der Waals surface area contributed by atoms with E-state index < -0.39 is 6.23 Å². The third-order valence-corrected chi connectivity index (χ3v) is 11.0. The van der Waals surface area contributed by atoms with Crippen molar-refractivity contribution in [2.24, 2.45) is 5.41 Å². The minimum absolute atomic E-state index is 0.00535. The summed E-state index contributed by atoms with van der Waals surface area (Å²) < 4.78 is 5.47. The van der Waals surface area contributed by atoms with Crippen molar-refractivity contribution in [2.75, 3.05) is 48.0 Å². The Morgan fingerprint density at radius 2 is 1.76 bits per heavy atom. The first-order valence-electron chi connectivity index (χ1n) is 16.1. The second kappa shape index (κ2) is 11.8. The minimum Gasteiger partial charge on any atom is -0.380 e. The van der Waals surface area contributed by atoms with E-state index in [1.165, 1.54) is 11.3 Å². The molecule has 3 N–H and O–H groups in total. The molecule has 1 atom stereocenters. The molecule has 3 fully saturated rings. The largest absolute Gasteiger partial charge is 0.380 e. The van der Waals surface area contributed by atoms with Crippen LogP contribution in [0, 0.1) is 5.41 Å². The number of aliphatic hydroxyl groups excluding tert-OH is 1. The summed E-state index contributed by atoms with van der Waals surface area (Å²) in [5.74, 6) is 0.512. The van der Waals surface area contributed by atoms with E-state index in [1.54, 1.807) is 12.3 Å². The topological polar surface area (TPSA) is 107 Å². The Morgan fingerprint density at radius 1 is 0.978 bits per heavy atom. The van der Waals surface area contributed by atoms with Crippen LogP contribution in [-0.2, 0) is 11.2 Å². The summed E-state index contributed by atoms with van der Waals surface area (Å²) in [4.78, 5) is 36.9. The van der Waals surface area contributed by atoms with E-state index in [0.717, 1.165) is 84.1 Å². The van der Waals surface area contributed by atoms with E-state index in [4.69, 9.17) is 4.74 Å². The van der Waals surface area contributed by atoms with Crippen molar-refractivity contribution in [3.05, 3.63) is 94.5 Å². The number of para-hydroxylation sites is 1. The number of nitrogens with one attached hydrogen (secondary N) is 2. The Morgan fingerprint density at radius 3 is 2.50 bits per heavy atom. The fourth-order valence-corrected chi connectivity index (χ4v) is 7.93. The lowest BCUT2D eigenvalue weighted by atomic mass is 9.77. The van der Waals surface area contributed by atoms with Gasteiger partial charge in [0.2, 0.25) is 0 Å². The summed E-state index contributed by atoms with van der Waals surface area (Å²) in [5, 5.41) is 17.8. The Balaban J connectivity index is 0.968. The number of benzene rings is 2. The van der Waals surface area contributed by atoms with Crippen LogP contribution in [0.25, 0.3) is 10.4 Å². The standard InChI is InChI=1S/C36H37N5O4S/c42-33(28-5-3-16-37-32(28)40-18-14-36(15-19-40)21-45-22-36)38-25-9-7-23(8-10-25)35(44)41-17-13-24-20-30(34(43)39-26-11-12-26)46-31(24)27-4-1-2-6-29(27)41/h1-10,16,20,26,35,44H,11-15,17-19,21-22H2,(H,38,42)(H,39,43). The number of carbonyl (C=O) groups excluding carboxylic acids is 2. The molecule has 8 rings (SSSR count). The van der Waals surface area contributed by atoms with Crippen molar-refractivity contribution in [2.45, 2.75) is 44.4 Å². The first-order chi connectivity index (χ1) is 22.5. The Labute approximate surface area is 272 Å². The fourth-order valence-electron chi connectivity index (χ4n) is 6.79. The lowest BCUT2D eigenvalue weighted by Crippen LogP contribution is -2.51. The number of anilines is 3. The Hall–Kier alpha value is -4.25. The highest BCUT2D eigenvalue weighted by atomic mass is 32.1. The molecule has 46 heavy (non-hydrogen) atoms. The number of piperidine rings is 1. The molecule has 1 saturated carbocycles. The number of carbonyl (C=O) groups is 2. The number of pyridine rings is 1. The highest BCUT2D eigenvalue weighted by Crippen LogP contribution is 2.44. The molecular weight excluding hydrogens is 598 g/mol. The maximum Gasteiger partial charge on any atom is 0.261 e. The van der Waals surface area contributed by atoms with Crippen LogP contribution < -0.4 is 20.4 Å². The molecule has 1 spiro atoms. The molecule has 9 nitrogen and oxygen atoms in total. The van der Waals surface area contributed by atoms with E-state index >= 15 is 0 Å². The van der Waals surface area contributed by atoms with Crippen molar-refractivity contribution in [1.29, 1.82) is 0 Å².